The van der Waals surface area contributed by atoms with Crippen LogP contribution in [0.3, 0.4) is 0 Å². The van der Waals surface area contributed by atoms with E-state index in [1.54, 1.807) is 0 Å². The molecule has 7 heteroatoms. The van der Waals surface area contributed by atoms with Gasteiger partial charge in [-0.2, -0.15) is 0 Å². The number of amides is 1. The van der Waals surface area contributed by atoms with Crippen molar-refractivity contribution in [3.8, 4) is 0 Å². The van der Waals surface area contributed by atoms with Crippen LogP contribution in [0, 0.1) is 5.89 Å². The number of H-pyrrole nitrogens is 1. The smallest absolute Gasteiger partial charge is 0.254 e. The maximum Gasteiger partial charge on any atom is 0.254 e. The fourth-order valence-electron chi connectivity index (χ4n) is 1.16. The van der Waals surface area contributed by atoms with Gasteiger partial charge in [-0.25, -0.2) is 4.98 Å². The molecule has 1 aliphatic rings. The largest absolute Gasteiger partial charge is 0.393 e. The summed E-state index contributed by atoms with van der Waals surface area (Å²) in [6, 6.07) is -3.92. The van der Waals surface area contributed by atoms with E-state index in [0.717, 1.165) is 0 Å². The highest BCUT2D eigenvalue weighted by atomic mass is 35.5. The first-order chi connectivity index (χ1) is 14.0. The molecule has 3 unspecified atom stereocenters. The van der Waals surface area contributed by atoms with Crippen LogP contribution in [-0.4, -0.2) is 33.1 Å². The quantitative estimate of drug-likeness (QED) is 0.697. The van der Waals surface area contributed by atoms with E-state index in [4.69, 9.17) is 35.2 Å². The Hall–Kier alpha value is -1.40. The molecule has 1 amide bonds. The van der Waals surface area contributed by atoms with Gasteiger partial charge in [0.1, 0.15) is 5.49 Å². The molecule has 0 bridgehead atoms. The van der Waals surface area contributed by atoms with Crippen molar-refractivity contribution in [3.63, 3.8) is 0 Å². The molecule has 0 aromatic carbocycles. The Kier molecular flexibility index (Phi) is 1.46. The molecule has 1 saturated carbocycles. The van der Waals surface area contributed by atoms with Gasteiger partial charge in [0.15, 0.2) is 0 Å². The minimum Gasteiger partial charge on any atom is -0.393 e. The number of halogens is 1. The van der Waals surface area contributed by atoms with Crippen LogP contribution in [-0.2, 0) is 0 Å². The molecule has 1 aromatic rings. The number of aliphatic hydroxyl groups is 1. The molecule has 1 aromatic heterocycles. The predicted octanol–water partition coefficient (Wildman–Crippen LogP) is 0.612. The Bertz CT molecular complexity index is 1010. The Labute approximate surface area is 134 Å². The first-order valence-corrected chi connectivity index (χ1v) is 5.18. The lowest BCUT2D eigenvalue weighted by molar-refractivity contribution is 0.0704. The highest BCUT2D eigenvalue weighted by molar-refractivity contribution is 6.28. The van der Waals surface area contributed by atoms with Crippen LogP contribution in [0.5, 0.6) is 0 Å². The van der Waals surface area contributed by atoms with Crippen molar-refractivity contribution >= 4 is 17.5 Å². The monoisotopic (exact) mass is 297 g/mol. The summed E-state index contributed by atoms with van der Waals surface area (Å²) in [4.78, 5) is 20.5. The number of hydrogen-bond donors (Lipinski definition) is 3. The van der Waals surface area contributed by atoms with E-state index in [9.17, 15) is 9.90 Å². The molecule has 0 aliphatic heterocycles. The van der Waals surface area contributed by atoms with Gasteiger partial charge < -0.3 is 15.8 Å². The van der Waals surface area contributed by atoms with Crippen LogP contribution in [0.15, 0.2) is 11.2 Å². The van der Waals surface area contributed by atoms with Crippen molar-refractivity contribution < 1.29 is 27.7 Å². The highest BCUT2D eigenvalue weighted by Gasteiger charge is 2.25. The number of primary amides is 1. The Morgan fingerprint density at radius 2 is 2.68 bits per heavy atom. The van der Waals surface area contributed by atoms with E-state index >= 15 is 0 Å². The molecule has 1 heterocycles. The van der Waals surface area contributed by atoms with E-state index in [1.165, 1.54) is 0 Å². The fourth-order valence-corrected chi connectivity index (χ4v) is 1.29. The number of hydrogen-bond acceptors (Lipinski definition) is 4. The molecule has 104 valence electrons. The summed E-state index contributed by atoms with van der Waals surface area (Å²) in [5.74, 6) is -5.55. The average Bonchev–Trinajstić information content (AvgIpc) is 2.56. The van der Waals surface area contributed by atoms with Crippen molar-refractivity contribution in [2.24, 2.45) is 16.6 Å². The maximum atomic E-state index is 11.7. The second-order valence-corrected chi connectivity index (χ2v) is 3.64. The molecule has 1 fully saturated rings. The van der Waals surface area contributed by atoms with E-state index in [0.29, 0.717) is 0 Å². The van der Waals surface area contributed by atoms with Crippen LogP contribution in [0.1, 0.15) is 54.1 Å². The van der Waals surface area contributed by atoms with E-state index < -0.39 is 72.4 Å². The van der Waals surface area contributed by atoms with Gasteiger partial charge in [0.25, 0.3) is 5.91 Å². The SMILES string of the molecule is [2H]c1nc(Cl)[nH]c(=NC2([2H])C([2H])([2H])C([2H])([2H])C([2H])(C([2H])([2H])[2H])C([2H])(O)C2([2H])[2H])c1C(N)=O. The number of nitrogens with two attached hydrogens (primary N) is 1. The average molecular weight is 298 g/mol. The molecule has 1 aliphatic carbocycles. The molecule has 2 rings (SSSR count). The summed E-state index contributed by atoms with van der Waals surface area (Å²) in [5.41, 5.74) is 3.19. The lowest BCUT2D eigenvalue weighted by Gasteiger charge is -2.28. The molecule has 0 saturated heterocycles. The van der Waals surface area contributed by atoms with Crippen LogP contribution >= 0.6 is 11.6 Å². The van der Waals surface area contributed by atoms with Gasteiger partial charge >= 0.3 is 0 Å². The molecule has 3 atom stereocenters. The number of carbonyl (C=O) groups excluding carboxylic acids is 1. The first kappa shape index (κ1) is 4.86. The predicted molar refractivity (Wildman–Crippen MR) is 70.5 cm³/mol. The molecular weight excluding hydrogens is 268 g/mol. The molecule has 4 N–H and O–H groups in total. The summed E-state index contributed by atoms with van der Waals surface area (Å²) >= 11 is 5.64. The number of aromatic amines is 1. The Morgan fingerprint density at radius 3 is 3.37 bits per heavy atom. The maximum absolute atomic E-state index is 11.7. The van der Waals surface area contributed by atoms with Gasteiger partial charge in [-0.15, -0.1) is 0 Å². The third-order valence-corrected chi connectivity index (χ3v) is 2.15. The van der Waals surface area contributed by atoms with Gasteiger partial charge in [0, 0.05) is 19.9 Å². The van der Waals surface area contributed by atoms with Gasteiger partial charge in [-0.1, -0.05) is 6.85 Å². The lowest BCUT2D eigenvalue weighted by atomic mass is 9.85. The summed E-state index contributed by atoms with van der Waals surface area (Å²) in [6.45, 7) is -3.95. The fraction of sp³-hybridized carbons (Fsp3) is 0.583. The number of aromatic nitrogens is 2. The van der Waals surface area contributed by atoms with Gasteiger partial charge in [0.2, 0.25) is 5.28 Å². The van der Waals surface area contributed by atoms with Gasteiger partial charge in [0.05, 0.1) is 21.8 Å². The summed E-state index contributed by atoms with van der Waals surface area (Å²) < 4.78 is 103. The third kappa shape index (κ3) is 3.33. The first-order valence-electron chi connectivity index (χ1n) is 11.3. The highest BCUT2D eigenvalue weighted by Crippen LogP contribution is 2.25. The summed E-state index contributed by atoms with van der Waals surface area (Å²) in [6.07, 6.45) is -17.5. The Morgan fingerprint density at radius 1 is 1.89 bits per heavy atom. The van der Waals surface area contributed by atoms with E-state index in [2.05, 4.69) is 9.98 Å². The summed E-state index contributed by atoms with van der Waals surface area (Å²) in [5, 5.41) is 9.95. The van der Waals surface area contributed by atoms with E-state index in [1.807, 2.05) is 4.98 Å². The van der Waals surface area contributed by atoms with Gasteiger partial charge in [-0.3, -0.25) is 9.79 Å². The van der Waals surface area contributed by atoms with Crippen molar-refractivity contribution in [1.82, 2.24) is 9.97 Å². The van der Waals surface area contributed by atoms with Crippen molar-refractivity contribution in [2.45, 2.75) is 38.1 Å². The van der Waals surface area contributed by atoms with Crippen LogP contribution in [0.25, 0.3) is 0 Å². The second-order valence-electron chi connectivity index (χ2n) is 3.29. The zero-order valence-corrected chi connectivity index (χ0v) is 9.96. The number of nitrogens with zero attached hydrogens (tertiary/aromatic N) is 2. The van der Waals surface area contributed by atoms with E-state index in [-0.39, 0.29) is 0 Å². The van der Waals surface area contributed by atoms with Crippen molar-refractivity contribution in [1.29, 1.82) is 0 Å². The van der Waals surface area contributed by atoms with Crippen molar-refractivity contribution in [3.05, 3.63) is 22.5 Å². The third-order valence-electron chi connectivity index (χ3n) is 1.97. The number of carbonyl (C=O) groups is 1. The Balaban J connectivity index is 3.11. The zero-order valence-electron chi connectivity index (χ0n) is 22.2. The zero-order chi connectivity index (χ0) is 25.5. The van der Waals surface area contributed by atoms with Crippen LogP contribution in [0.4, 0.5) is 0 Å². The van der Waals surface area contributed by atoms with Gasteiger partial charge in [-0.05, 0) is 36.6 Å². The molecule has 19 heavy (non-hydrogen) atoms. The lowest BCUT2D eigenvalue weighted by Crippen LogP contribution is -2.32. The second kappa shape index (κ2) is 5.71. The van der Waals surface area contributed by atoms with Crippen molar-refractivity contribution in [2.75, 3.05) is 0 Å². The minimum absolute atomic E-state index is 0.652. The van der Waals surface area contributed by atoms with Crippen LogP contribution in [0.2, 0.25) is 5.28 Å². The minimum atomic E-state index is -4.29. The molecule has 0 radical (unpaired) electrons. The standard InChI is InChI=1S/C12H17ClN4O2/c1-6-2-3-7(4-9(6)18)16-11-8(10(14)19)5-15-12(13)17-11/h5-7,9,18H,2-4H2,1H3,(H2,14,19)(H,15,16,17)/i1D3,2D2,3D2,4D2,5D,6D,7D,9D. The molecular formula is C12H17ClN4O2. The normalized spacial score (nSPS) is 58.6. The molecule has 0 spiro atoms. The number of rotatable bonds is 2. The van der Waals surface area contributed by atoms with Crippen LogP contribution < -0.4 is 11.2 Å². The topological polar surface area (TPSA) is 104 Å². The molecule has 6 nitrogen and oxygen atoms in total. The summed E-state index contributed by atoms with van der Waals surface area (Å²) in [7, 11) is 0. The number of nitrogens with one attached hydrogen (secondary N) is 1.